The van der Waals surface area contributed by atoms with Crippen molar-refractivity contribution in [3.05, 3.63) is 35.4 Å². The minimum absolute atomic E-state index is 0.0762. The largest absolute Gasteiger partial charge is 0.334 e. The Hall–Kier alpha value is -1.94. The van der Waals surface area contributed by atoms with Crippen LogP contribution in [0.15, 0.2) is 22.7 Å². The molecule has 0 fully saturated rings. The van der Waals surface area contributed by atoms with Crippen LogP contribution in [-0.2, 0) is 15.8 Å². The first-order valence-corrected chi connectivity index (χ1v) is 7.29. The lowest BCUT2D eigenvalue weighted by Crippen LogP contribution is -2.20. The van der Waals surface area contributed by atoms with E-state index in [0.717, 1.165) is 12.1 Å². The van der Waals surface area contributed by atoms with Crippen molar-refractivity contribution >= 4 is 10.0 Å². The van der Waals surface area contributed by atoms with Gasteiger partial charge in [0, 0.05) is 5.56 Å². The van der Waals surface area contributed by atoms with E-state index in [9.17, 15) is 21.6 Å². The topological polar surface area (TPSA) is 85.1 Å². The standard InChI is InChI=1S/C11H10F3N3O3S/c1-15-21(18,19)5-9-16-11(20-17-9)6-2-3-8(12)7(4-6)10(13)14/h2-4,10,15H,5H2,1H3. The minimum Gasteiger partial charge on any atom is -0.334 e. The van der Waals surface area contributed by atoms with E-state index in [0.29, 0.717) is 0 Å². The first kappa shape index (κ1) is 15.4. The van der Waals surface area contributed by atoms with Gasteiger partial charge in [-0.2, -0.15) is 4.98 Å². The Morgan fingerprint density at radius 1 is 1.38 bits per heavy atom. The van der Waals surface area contributed by atoms with Crippen molar-refractivity contribution in [2.24, 2.45) is 0 Å². The Kier molecular flexibility index (Phi) is 4.28. The molecule has 114 valence electrons. The lowest BCUT2D eigenvalue weighted by molar-refractivity contribution is 0.146. The predicted octanol–water partition coefficient (Wildman–Crippen LogP) is 1.86. The Balaban J connectivity index is 2.32. The summed E-state index contributed by atoms with van der Waals surface area (Å²) in [6.07, 6.45) is -2.99. The van der Waals surface area contributed by atoms with Gasteiger partial charge in [0.05, 0.1) is 5.56 Å². The zero-order chi connectivity index (χ0) is 15.6. The molecule has 0 saturated heterocycles. The Bertz CT molecular complexity index is 746. The van der Waals surface area contributed by atoms with Crippen LogP contribution in [0.3, 0.4) is 0 Å². The first-order chi connectivity index (χ1) is 9.82. The summed E-state index contributed by atoms with van der Waals surface area (Å²) in [6, 6.07) is 2.92. The maximum atomic E-state index is 13.2. The lowest BCUT2D eigenvalue weighted by atomic mass is 10.1. The second-order valence-electron chi connectivity index (χ2n) is 4.02. The number of rotatable bonds is 5. The highest BCUT2D eigenvalue weighted by Gasteiger charge is 2.19. The molecule has 0 aliphatic carbocycles. The molecule has 2 aromatic rings. The smallest absolute Gasteiger partial charge is 0.266 e. The van der Waals surface area contributed by atoms with Crippen LogP contribution in [0.5, 0.6) is 0 Å². The van der Waals surface area contributed by atoms with Crippen LogP contribution < -0.4 is 4.72 Å². The highest BCUT2D eigenvalue weighted by Crippen LogP contribution is 2.27. The van der Waals surface area contributed by atoms with Gasteiger partial charge in [0.25, 0.3) is 12.3 Å². The molecule has 0 saturated carbocycles. The third-order valence-corrected chi connectivity index (χ3v) is 3.84. The fraction of sp³-hybridized carbons (Fsp3) is 0.273. The number of benzene rings is 1. The third kappa shape index (κ3) is 3.58. The average Bonchev–Trinajstić information content (AvgIpc) is 2.86. The Morgan fingerprint density at radius 3 is 2.71 bits per heavy atom. The van der Waals surface area contributed by atoms with Gasteiger partial charge in [-0.15, -0.1) is 0 Å². The van der Waals surface area contributed by atoms with Gasteiger partial charge < -0.3 is 4.52 Å². The summed E-state index contributed by atoms with van der Waals surface area (Å²) in [7, 11) is -2.36. The highest BCUT2D eigenvalue weighted by atomic mass is 32.2. The van der Waals surface area contributed by atoms with E-state index < -0.39 is 33.6 Å². The Labute approximate surface area is 118 Å². The monoisotopic (exact) mass is 321 g/mol. The average molecular weight is 321 g/mol. The molecule has 0 radical (unpaired) electrons. The number of hydrogen-bond acceptors (Lipinski definition) is 5. The van der Waals surface area contributed by atoms with Crippen LogP contribution in [0.1, 0.15) is 17.8 Å². The van der Waals surface area contributed by atoms with Gasteiger partial charge in [-0.3, -0.25) is 0 Å². The van der Waals surface area contributed by atoms with Crippen molar-refractivity contribution < 1.29 is 26.1 Å². The normalized spacial score (nSPS) is 12.0. The number of nitrogens with one attached hydrogen (secondary N) is 1. The quantitative estimate of drug-likeness (QED) is 0.908. The molecule has 21 heavy (non-hydrogen) atoms. The van der Waals surface area contributed by atoms with Gasteiger partial charge in [0.15, 0.2) is 5.82 Å². The molecule has 1 aromatic heterocycles. The molecule has 10 heteroatoms. The van der Waals surface area contributed by atoms with Gasteiger partial charge in [0.2, 0.25) is 10.0 Å². The van der Waals surface area contributed by atoms with Crippen LogP contribution in [0.25, 0.3) is 11.5 Å². The second kappa shape index (κ2) is 5.82. The number of aromatic nitrogens is 2. The summed E-state index contributed by atoms with van der Waals surface area (Å²) in [5, 5.41) is 3.44. The van der Waals surface area contributed by atoms with Crippen molar-refractivity contribution in [3.8, 4) is 11.5 Å². The fourth-order valence-electron chi connectivity index (χ4n) is 1.52. The highest BCUT2D eigenvalue weighted by molar-refractivity contribution is 7.88. The zero-order valence-electron chi connectivity index (χ0n) is 10.7. The molecule has 6 nitrogen and oxygen atoms in total. The van der Waals surface area contributed by atoms with Crippen molar-refractivity contribution in [3.63, 3.8) is 0 Å². The first-order valence-electron chi connectivity index (χ1n) is 5.64. The summed E-state index contributed by atoms with van der Waals surface area (Å²) < 4.78 is 67.9. The number of hydrogen-bond donors (Lipinski definition) is 1. The maximum absolute atomic E-state index is 13.2. The van der Waals surface area contributed by atoms with Crippen molar-refractivity contribution in [1.82, 2.24) is 14.9 Å². The van der Waals surface area contributed by atoms with E-state index in [1.165, 1.54) is 13.1 Å². The number of halogens is 3. The van der Waals surface area contributed by atoms with Crippen molar-refractivity contribution in [2.75, 3.05) is 7.05 Å². The summed E-state index contributed by atoms with van der Waals surface area (Å²) in [4.78, 5) is 3.78. The SMILES string of the molecule is CNS(=O)(=O)Cc1noc(-c2ccc(F)c(C(F)F)c2)n1. The van der Waals surface area contributed by atoms with E-state index in [1.807, 2.05) is 0 Å². The van der Waals surface area contributed by atoms with Gasteiger partial charge >= 0.3 is 0 Å². The predicted molar refractivity (Wildman–Crippen MR) is 66.3 cm³/mol. The number of alkyl halides is 2. The van der Waals surface area contributed by atoms with Crippen LogP contribution in [0.2, 0.25) is 0 Å². The van der Waals surface area contributed by atoms with Crippen LogP contribution in [-0.4, -0.2) is 25.6 Å². The van der Waals surface area contributed by atoms with Gasteiger partial charge in [-0.25, -0.2) is 26.3 Å². The Morgan fingerprint density at radius 2 is 2.10 bits per heavy atom. The summed E-state index contributed by atoms with van der Waals surface area (Å²) >= 11 is 0. The molecule has 1 heterocycles. The van der Waals surface area contributed by atoms with Gasteiger partial charge in [0.1, 0.15) is 11.6 Å². The number of nitrogens with zero attached hydrogens (tertiary/aromatic N) is 2. The third-order valence-electron chi connectivity index (χ3n) is 2.58. The molecule has 0 aliphatic heterocycles. The molecule has 0 unspecified atom stereocenters. The zero-order valence-corrected chi connectivity index (χ0v) is 11.5. The van der Waals surface area contributed by atoms with Crippen LogP contribution >= 0.6 is 0 Å². The fourth-order valence-corrected chi connectivity index (χ4v) is 2.12. The van der Waals surface area contributed by atoms with Crippen LogP contribution in [0, 0.1) is 5.82 Å². The van der Waals surface area contributed by atoms with E-state index in [1.54, 1.807) is 0 Å². The minimum atomic E-state index is -3.58. The summed E-state index contributed by atoms with van der Waals surface area (Å²) in [5.41, 5.74) is -0.720. The molecule has 0 spiro atoms. The summed E-state index contributed by atoms with van der Waals surface area (Å²) in [5.74, 6) is -1.87. The molecular formula is C11H10F3N3O3S. The molecule has 1 aromatic carbocycles. The van der Waals surface area contributed by atoms with E-state index in [2.05, 4.69) is 14.9 Å². The molecule has 0 bridgehead atoms. The van der Waals surface area contributed by atoms with E-state index in [4.69, 9.17) is 4.52 Å². The van der Waals surface area contributed by atoms with Gasteiger partial charge in [-0.05, 0) is 25.2 Å². The lowest BCUT2D eigenvalue weighted by Gasteiger charge is -2.02. The van der Waals surface area contributed by atoms with Crippen molar-refractivity contribution in [2.45, 2.75) is 12.2 Å². The molecule has 0 aliphatic rings. The van der Waals surface area contributed by atoms with Crippen molar-refractivity contribution in [1.29, 1.82) is 0 Å². The van der Waals surface area contributed by atoms with Gasteiger partial charge in [-0.1, -0.05) is 5.16 Å². The number of sulfonamides is 1. The summed E-state index contributed by atoms with van der Waals surface area (Å²) in [6.45, 7) is 0. The molecule has 1 N–H and O–H groups in total. The van der Waals surface area contributed by atoms with E-state index in [-0.39, 0.29) is 17.3 Å². The second-order valence-corrected chi connectivity index (χ2v) is 5.94. The van der Waals surface area contributed by atoms with E-state index >= 15 is 0 Å². The molecular weight excluding hydrogens is 311 g/mol. The molecule has 0 amide bonds. The maximum Gasteiger partial charge on any atom is 0.266 e. The van der Waals surface area contributed by atoms with Crippen LogP contribution in [0.4, 0.5) is 13.2 Å². The molecule has 2 rings (SSSR count). The molecule has 0 atom stereocenters.